The Hall–Kier alpha value is 0.690. The summed E-state index contributed by atoms with van der Waals surface area (Å²) >= 11 is 2.49. The summed E-state index contributed by atoms with van der Waals surface area (Å²) < 4.78 is 1.20. The first kappa shape index (κ1) is 9.25. The molecule has 0 aromatic carbocycles. The zero-order valence-electron chi connectivity index (χ0n) is 7.81. The molecule has 0 heterocycles. The van der Waals surface area contributed by atoms with Gasteiger partial charge in [0.2, 0.25) is 0 Å². The molecule has 0 radical (unpaired) electrons. The molecule has 1 unspecified atom stereocenters. The van der Waals surface area contributed by atoms with E-state index in [1.54, 1.807) is 0 Å². The van der Waals surface area contributed by atoms with E-state index in [4.69, 9.17) is 0 Å². The second kappa shape index (κ2) is 2.59. The van der Waals surface area contributed by atoms with Gasteiger partial charge < -0.3 is 5.11 Å². The van der Waals surface area contributed by atoms with Crippen molar-refractivity contribution in [1.82, 2.24) is 0 Å². The molecule has 0 aliphatic heterocycles. The van der Waals surface area contributed by atoms with Gasteiger partial charge in [-0.1, -0.05) is 36.4 Å². The molecule has 0 spiro atoms. The molecule has 0 aromatic heterocycles. The lowest BCUT2D eigenvalue weighted by Gasteiger charge is -2.38. The maximum Gasteiger partial charge on any atom is 0.0602 e. The first-order chi connectivity index (χ1) is 5.54. The summed E-state index contributed by atoms with van der Waals surface area (Å²) in [5, 5.41) is 9.94. The molecular weight excluding hydrogens is 263 g/mol. The van der Waals surface area contributed by atoms with Crippen molar-refractivity contribution in [3.63, 3.8) is 0 Å². The maximum absolute atomic E-state index is 9.94. The lowest BCUT2D eigenvalue weighted by Crippen LogP contribution is -2.38. The van der Waals surface area contributed by atoms with Gasteiger partial charge in [0.1, 0.15) is 0 Å². The van der Waals surface area contributed by atoms with Crippen LogP contribution in [-0.2, 0) is 0 Å². The van der Waals surface area contributed by atoms with Crippen molar-refractivity contribution < 1.29 is 5.11 Å². The van der Waals surface area contributed by atoms with Crippen LogP contribution in [0, 0.1) is 16.7 Å². The van der Waals surface area contributed by atoms with Gasteiger partial charge >= 0.3 is 0 Å². The maximum atomic E-state index is 9.94. The minimum atomic E-state index is -0.0315. The van der Waals surface area contributed by atoms with Crippen molar-refractivity contribution in [1.29, 1.82) is 0 Å². The van der Waals surface area contributed by atoms with Crippen LogP contribution in [0.15, 0.2) is 0 Å². The predicted molar refractivity (Wildman–Crippen MR) is 58.4 cm³/mol. The molecule has 12 heavy (non-hydrogen) atoms. The van der Waals surface area contributed by atoms with Crippen molar-refractivity contribution in [3.05, 3.63) is 0 Å². The third-order valence-corrected chi connectivity index (χ3v) is 6.32. The van der Waals surface area contributed by atoms with Gasteiger partial charge in [0.25, 0.3) is 0 Å². The third kappa shape index (κ3) is 0.834. The molecule has 2 fully saturated rings. The Morgan fingerprint density at radius 3 is 2.42 bits per heavy atom. The van der Waals surface area contributed by atoms with Gasteiger partial charge in [-0.25, -0.2) is 0 Å². The molecule has 2 heteroatoms. The van der Waals surface area contributed by atoms with E-state index in [0.717, 1.165) is 12.3 Å². The average molecular weight is 280 g/mol. The normalized spacial score (nSPS) is 58.0. The Labute approximate surface area is 88.1 Å². The van der Waals surface area contributed by atoms with Gasteiger partial charge in [-0.15, -0.1) is 0 Å². The summed E-state index contributed by atoms with van der Waals surface area (Å²) in [5.74, 6) is 0.786. The van der Waals surface area contributed by atoms with Crippen LogP contribution in [0.25, 0.3) is 0 Å². The number of halogens is 1. The quantitative estimate of drug-likeness (QED) is 0.578. The molecule has 1 N–H and O–H groups in total. The van der Waals surface area contributed by atoms with E-state index >= 15 is 0 Å². The number of aliphatic hydroxyl groups excluding tert-OH is 1. The summed E-state index contributed by atoms with van der Waals surface area (Å²) in [6.45, 7) is 4.65. The fraction of sp³-hybridized carbons (Fsp3) is 1.00. The number of hydrogen-bond donors (Lipinski definition) is 1. The standard InChI is InChI=1S/C10H17IO/c1-9-4-3-7(5-8(9)12)10(9,2)6-11/h7-8,12H,3-6H2,1-2H3/t7-,8-,9+,10?/m1/s1. The van der Waals surface area contributed by atoms with E-state index < -0.39 is 0 Å². The van der Waals surface area contributed by atoms with Crippen LogP contribution in [0.2, 0.25) is 0 Å². The molecule has 4 atom stereocenters. The summed E-state index contributed by atoms with van der Waals surface area (Å²) in [6.07, 6.45) is 3.59. The predicted octanol–water partition coefficient (Wildman–Crippen LogP) is 2.61. The van der Waals surface area contributed by atoms with E-state index in [0.29, 0.717) is 5.41 Å². The molecule has 70 valence electrons. The first-order valence-corrected chi connectivity index (χ1v) is 6.31. The highest BCUT2D eigenvalue weighted by molar-refractivity contribution is 14.1. The van der Waals surface area contributed by atoms with Crippen molar-refractivity contribution in [2.45, 2.75) is 39.2 Å². The highest BCUT2D eigenvalue weighted by Gasteiger charge is 2.62. The van der Waals surface area contributed by atoms with Gasteiger partial charge in [-0.05, 0) is 36.0 Å². The minimum Gasteiger partial charge on any atom is -0.393 e. The van der Waals surface area contributed by atoms with E-state index in [9.17, 15) is 5.11 Å². The monoisotopic (exact) mass is 280 g/mol. The van der Waals surface area contributed by atoms with Crippen molar-refractivity contribution in [3.8, 4) is 0 Å². The lowest BCUT2D eigenvalue weighted by atomic mass is 9.70. The fourth-order valence-electron chi connectivity index (χ4n) is 3.26. The van der Waals surface area contributed by atoms with E-state index in [1.165, 1.54) is 17.3 Å². The molecule has 1 nitrogen and oxygen atoms in total. The third-order valence-electron chi connectivity index (χ3n) is 4.74. The largest absolute Gasteiger partial charge is 0.393 e. The Kier molecular flexibility index (Phi) is 2.00. The van der Waals surface area contributed by atoms with Gasteiger partial charge in [-0.3, -0.25) is 0 Å². The Balaban J connectivity index is 2.38. The molecule has 2 rings (SSSR count). The minimum absolute atomic E-state index is 0.0315. The molecule has 2 bridgehead atoms. The van der Waals surface area contributed by atoms with Crippen molar-refractivity contribution in [2.24, 2.45) is 16.7 Å². The van der Waals surface area contributed by atoms with Crippen LogP contribution in [0.4, 0.5) is 0 Å². The molecule has 0 amide bonds. The number of hydrogen-bond acceptors (Lipinski definition) is 1. The van der Waals surface area contributed by atoms with Crippen LogP contribution in [0.3, 0.4) is 0 Å². The van der Waals surface area contributed by atoms with Crippen LogP contribution in [0.5, 0.6) is 0 Å². The second-order valence-corrected chi connectivity index (χ2v) is 5.72. The summed E-state index contributed by atoms with van der Waals surface area (Å²) in [4.78, 5) is 0. The van der Waals surface area contributed by atoms with E-state index in [1.807, 2.05) is 0 Å². The molecule has 2 aliphatic rings. The van der Waals surface area contributed by atoms with Crippen molar-refractivity contribution >= 4 is 22.6 Å². The second-order valence-electron chi connectivity index (χ2n) is 4.96. The number of rotatable bonds is 1. The zero-order valence-corrected chi connectivity index (χ0v) is 9.97. The van der Waals surface area contributed by atoms with Gasteiger partial charge in [-0.2, -0.15) is 0 Å². The van der Waals surface area contributed by atoms with Crippen LogP contribution in [-0.4, -0.2) is 15.6 Å². The fourth-order valence-corrected chi connectivity index (χ4v) is 4.76. The lowest BCUT2D eigenvalue weighted by molar-refractivity contribution is 0.0154. The summed E-state index contributed by atoms with van der Waals surface area (Å²) in [6, 6.07) is 0. The van der Waals surface area contributed by atoms with E-state index in [-0.39, 0.29) is 11.5 Å². The smallest absolute Gasteiger partial charge is 0.0602 e. The van der Waals surface area contributed by atoms with Gasteiger partial charge in [0, 0.05) is 4.43 Å². The molecule has 0 saturated heterocycles. The summed E-state index contributed by atoms with van der Waals surface area (Å²) in [7, 11) is 0. The SMILES string of the molecule is CC1(CI)[C@@H]2CC[C@@]1(C)[C@H](O)C2. The van der Waals surface area contributed by atoms with Crippen molar-refractivity contribution in [2.75, 3.05) is 4.43 Å². The number of alkyl halides is 1. The molecule has 2 saturated carbocycles. The summed E-state index contributed by atoms with van der Waals surface area (Å²) in [5.41, 5.74) is 0.631. The molecular formula is C10H17IO. The van der Waals surface area contributed by atoms with E-state index in [2.05, 4.69) is 36.4 Å². The molecule has 0 aromatic rings. The Morgan fingerprint density at radius 2 is 2.17 bits per heavy atom. The average Bonchev–Trinajstić information content (AvgIpc) is 2.39. The van der Waals surface area contributed by atoms with Gasteiger partial charge in [0.15, 0.2) is 0 Å². The highest BCUT2D eigenvalue weighted by atomic mass is 127. The number of aliphatic hydroxyl groups is 1. The van der Waals surface area contributed by atoms with Crippen LogP contribution < -0.4 is 0 Å². The molecule has 2 aliphatic carbocycles. The highest BCUT2D eigenvalue weighted by Crippen LogP contribution is 2.66. The number of fused-ring (bicyclic) bond motifs is 2. The zero-order chi connectivity index (χ0) is 8.98. The Morgan fingerprint density at radius 1 is 1.50 bits per heavy atom. The van der Waals surface area contributed by atoms with Crippen LogP contribution >= 0.6 is 22.6 Å². The van der Waals surface area contributed by atoms with Crippen LogP contribution in [0.1, 0.15) is 33.1 Å². The first-order valence-electron chi connectivity index (χ1n) is 4.78. The Bertz CT molecular complexity index is 204. The van der Waals surface area contributed by atoms with Gasteiger partial charge in [0.05, 0.1) is 6.10 Å². The topological polar surface area (TPSA) is 20.2 Å².